The van der Waals surface area contributed by atoms with Crippen LogP contribution in [0.3, 0.4) is 0 Å². The van der Waals surface area contributed by atoms with E-state index < -0.39 is 5.82 Å². The maximum Gasteiger partial charge on any atom is 0.141 e. The molecule has 0 saturated heterocycles. The Kier molecular flexibility index (Phi) is 4.32. The van der Waals surface area contributed by atoms with Gasteiger partial charge in [0.15, 0.2) is 0 Å². The molecule has 0 heterocycles. The predicted molar refractivity (Wildman–Crippen MR) is 55.1 cm³/mol. The molecule has 1 rings (SSSR count). The lowest BCUT2D eigenvalue weighted by molar-refractivity contribution is 0.170. The minimum Gasteiger partial charge on any atom is -0.383 e. The van der Waals surface area contributed by atoms with Crippen LogP contribution in [-0.2, 0) is 4.74 Å². The van der Waals surface area contributed by atoms with E-state index in [2.05, 4.69) is 5.32 Å². The highest BCUT2D eigenvalue weighted by Crippen LogP contribution is 2.20. The van der Waals surface area contributed by atoms with Gasteiger partial charge in [-0.3, -0.25) is 0 Å². The molecule has 0 aliphatic carbocycles. The monoisotopic (exact) mass is 217 g/mol. The molecule has 0 aliphatic rings. The van der Waals surface area contributed by atoms with Gasteiger partial charge in [0.2, 0.25) is 0 Å². The largest absolute Gasteiger partial charge is 0.383 e. The van der Waals surface area contributed by atoms with Crippen LogP contribution in [-0.4, -0.2) is 20.8 Å². The first kappa shape index (κ1) is 11.4. The predicted octanol–water partition coefficient (Wildman–Crippen LogP) is 2.39. The van der Waals surface area contributed by atoms with Gasteiger partial charge >= 0.3 is 0 Å². The number of benzene rings is 1. The van der Waals surface area contributed by atoms with Gasteiger partial charge < -0.3 is 10.1 Å². The Morgan fingerprint density at radius 1 is 1.57 bits per heavy atom. The number of hydrogen-bond donors (Lipinski definition) is 1. The summed E-state index contributed by atoms with van der Waals surface area (Å²) in [5.74, 6) is -0.400. The lowest BCUT2D eigenvalue weighted by Crippen LogP contribution is -2.21. The van der Waals surface area contributed by atoms with E-state index in [1.807, 2.05) is 7.05 Å². The highest BCUT2D eigenvalue weighted by molar-refractivity contribution is 6.30. The van der Waals surface area contributed by atoms with Crippen LogP contribution in [0.2, 0.25) is 5.02 Å². The van der Waals surface area contributed by atoms with E-state index in [4.69, 9.17) is 16.3 Å². The van der Waals surface area contributed by atoms with E-state index in [0.29, 0.717) is 6.61 Å². The van der Waals surface area contributed by atoms with Gasteiger partial charge in [-0.1, -0.05) is 17.7 Å². The van der Waals surface area contributed by atoms with Crippen molar-refractivity contribution in [3.05, 3.63) is 34.6 Å². The van der Waals surface area contributed by atoms with Crippen molar-refractivity contribution in [2.45, 2.75) is 6.04 Å². The number of likely N-dealkylation sites (N-methyl/N-ethyl adjacent to an activating group) is 1. The molecule has 1 aromatic rings. The normalized spacial score (nSPS) is 12.9. The third kappa shape index (κ3) is 2.67. The van der Waals surface area contributed by atoms with Crippen molar-refractivity contribution < 1.29 is 9.13 Å². The molecule has 1 aromatic carbocycles. The van der Waals surface area contributed by atoms with Crippen LogP contribution in [0.1, 0.15) is 11.6 Å². The van der Waals surface area contributed by atoms with Crippen molar-refractivity contribution in [2.24, 2.45) is 0 Å². The van der Waals surface area contributed by atoms with Crippen molar-refractivity contribution >= 4 is 11.6 Å². The molecule has 14 heavy (non-hydrogen) atoms. The second kappa shape index (κ2) is 5.29. The van der Waals surface area contributed by atoms with Crippen molar-refractivity contribution in [3.63, 3.8) is 0 Å². The third-order valence-corrected chi connectivity index (χ3v) is 2.32. The lowest BCUT2D eigenvalue weighted by Gasteiger charge is -2.15. The van der Waals surface area contributed by atoms with Crippen LogP contribution < -0.4 is 5.32 Å². The molecule has 0 aliphatic heterocycles. The third-order valence-electron chi connectivity index (χ3n) is 2.03. The number of nitrogens with one attached hydrogen (secondary N) is 1. The van der Waals surface area contributed by atoms with Crippen molar-refractivity contribution in [1.82, 2.24) is 5.32 Å². The molecule has 0 aromatic heterocycles. The Bertz CT molecular complexity index is 306. The zero-order valence-electron chi connectivity index (χ0n) is 8.18. The second-order valence-corrected chi connectivity index (χ2v) is 3.38. The van der Waals surface area contributed by atoms with Gasteiger partial charge in [0, 0.05) is 7.11 Å². The molecule has 2 nitrogen and oxygen atoms in total. The van der Waals surface area contributed by atoms with Gasteiger partial charge in [-0.25, -0.2) is 4.39 Å². The fraction of sp³-hybridized carbons (Fsp3) is 0.400. The summed E-state index contributed by atoms with van der Waals surface area (Å²) in [4.78, 5) is 0. The SMILES string of the molecule is CNC(COC)c1ccc(F)c(Cl)c1. The minimum atomic E-state index is -0.400. The Morgan fingerprint density at radius 3 is 2.79 bits per heavy atom. The number of rotatable bonds is 4. The van der Waals surface area contributed by atoms with E-state index in [1.165, 1.54) is 6.07 Å². The Hall–Kier alpha value is -0.640. The zero-order chi connectivity index (χ0) is 10.6. The van der Waals surface area contributed by atoms with E-state index in [0.717, 1.165) is 5.56 Å². The number of halogens is 2. The van der Waals surface area contributed by atoms with Gasteiger partial charge in [-0.15, -0.1) is 0 Å². The summed E-state index contributed by atoms with van der Waals surface area (Å²) < 4.78 is 17.9. The first-order valence-electron chi connectivity index (χ1n) is 4.30. The number of hydrogen-bond acceptors (Lipinski definition) is 2. The molecule has 0 saturated carbocycles. The fourth-order valence-corrected chi connectivity index (χ4v) is 1.43. The summed E-state index contributed by atoms with van der Waals surface area (Å²) in [5.41, 5.74) is 0.917. The molecule has 0 radical (unpaired) electrons. The van der Waals surface area contributed by atoms with Gasteiger partial charge in [0.05, 0.1) is 17.7 Å². The van der Waals surface area contributed by atoms with Gasteiger partial charge in [0.1, 0.15) is 5.82 Å². The summed E-state index contributed by atoms with van der Waals surface area (Å²) in [6.45, 7) is 0.526. The summed E-state index contributed by atoms with van der Waals surface area (Å²) in [6.07, 6.45) is 0. The molecule has 0 fully saturated rings. The quantitative estimate of drug-likeness (QED) is 0.836. The Balaban J connectivity index is 2.88. The molecular formula is C10H13ClFNO. The molecule has 1 unspecified atom stereocenters. The van der Waals surface area contributed by atoms with E-state index >= 15 is 0 Å². The maximum absolute atomic E-state index is 12.9. The molecule has 0 spiro atoms. The molecule has 0 bridgehead atoms. The topological polar surface area (TPSA) is 21.3 Å². The number of ether oxygens (including phenoxy) is 1. The molecule has 78 valence electrons. The summed E-state index contributed by atoms with van der Waals surface area (Å²) in [5, 5.41) is 3.20. The van der Waals surface area contributed by atoms with Crippen molar-refractivity contribution in [3.8, 4) is 0 Å². The Morgan fingerprint density at radius 2 is 2.29 bits per heavy atom. The molecule has 1 N–H and O–H groups in total. The van der Waals surface area contributed by atoms with Crippen LogP contribution in [0, 0.1) is 5.82 Å². The highest BCUT2D eigenvalue weighted by Gasteiger charge is 2.10. The smallest absolute Gasteiger partial charge is 0.141 e. The van der Waals surface area contributed by atoms with Crippen LogP contribution in [0.25, 0.3) is 0 Å². The molecule has 4 heteroatoms. The van der Waals surface area contributed by atoms with Crippen LogP contribution >= 0.6 is 11.6 Å². The average molecular weight is 218 g/mol. The minimum absolute atomic E-state index is 0.0399. The van der Waals surface area contributed by atoms with Crippen LogP contribution in [0.5, 0.6) is 0 Å². The van der Waals surface area contributed by atoms with Crippen LogP contribution in [0.4, 0.5) is 4.39 Å². The van der Waals surface area contributed by atoms with E-state index in [1.54, 1.807) is 19.2 Å². The van der Waals surface area contributed by atoms with Crippen molar-refractivity contribution in [1.29, 1.82) is 0 Å². The van der Waals surface area contributed by atoms with Gasteiger partial charge in [-0.2, -0.15) is 0 Å². The average Bonchev–Trinajstić information content (AvgIpc) is 2.19. The van der Waals surface area contributed by atoms with Gasteiger partial charge in [-0.05, 0) is 24.7 Å². The standard InChI is InChI=1S/C10H13ClFNO/c1-13-10(6-14-2)7-3-4-9(12)8(11)5-7/h3-5,10,13H,6H2,1-2H3. The fourth-order valence-electron chi connectivity index (χ4n) is 1.24. The molecule has 0 amide bonds. The summed E-state index contributed by atoms with van der Waals surface area (Å²) in [7, 11) is 3.44. The maximum atomic E-state index is 12.9. The highest BCUT2D eigenvalue weighted by atomic mass is 35.5. The zero-order valence-corrected chi connectivity index (χ0v) is 8.94. The molecule has 1 atom stereocenters. The second-order valence-electron chi connectivity index (χ2n) is 2.97. The number of methoxy groups -OCH3 is 1. The summed E-state index contributed by atoms with van der Waals surface area (Å²) >= 11 is 5.67. The van der Waals surface area contributed by atoms with Gasteiger partial charge in [0.25, 0.3) is 0 Å². The lowest BCUT2D eigenvalue weighted by atomic mass is 10.1. The molecular weight excluding hydrogens is 205 g/mol. The van der Waals surface area contributed by atoms with E-state index in [-0.39, 0.29) is 11.1 Å². The first-order chi connectivity index (χ1) is 6.69. The summed E-state index contributed by atoms with van der Waals surface area (Å²) in [6, 6.07) is 4.70. The Labute approximate surface area is 88.0 Å². The van der Waals surface area contributed by atoms with E-state index in [9.17, 15) is 4.39 Å². The first-order valence-corrected chi connectivity index (χ1v) is 4.68. The van der Waals surface area contributed by atoms with Crippen molar-refractivity contribution in [2.75, 3.05) is 20.8 Å². The van der Waals surface area contributed by atoms with Crippen LogP contribution in [0.15, 0.2) is 18.2 Å².